The Bertz CT molecular complexity index is 1110. The number of rotatable bonds is 5. The topological polar surface area (TPSA) is 72.7 Å². The molecule has 0 spiro atoms. The molecule has 0 aliphatic rings. The van der Waals surface area contributed by atoms with Crippen LogP contribution in [0.1, 0.15) is 20.9 Å². The van der Waals surface area contributed by atoms with Crippen LogP contribution in [-0.2, 0) is 6.54 Å². The van der Waals surface area contributed by atoms with Crippen LogP contribution in [0.4, 0.5) is 0 Å². The highest BCUT2D eigenvalue weighted by Crippen LogP contribution is 2.28. The van der Waals surface area contributed by atoms with E-state index in [0.29, 0.717) is 28.0 Å². The number of carbonyl (C=O) groups excluding carboxylic acids is 1. The highest BCUT2D eigenvalue weighted by molar-refractivity contribution is 7.17. The van der Waals surface area contributed by atoms with Gasteiger partial charge in [0, 0.05) is 35.7 Å². The molecule has 3 heterocycles. The van der Waals surface area contributed by atoms with Crippen molar-refractivity contribution in [1.82, 2.24) is 25.1 Å². The van der Waals surface area contributed by atoms with Gasteiger partial charge in [-0.15, -0.1) is 11.3 Å². The van der Waals surface area contributed by atoms with Crippen molar-refractivity contribution in [3.63, 3.8) is 0 Å². The van der Waals surface area contributed by atoms with E-state index in [4.69, 9.17) is 11.6 Å². The molecule has 1 N–H and O–H groups in total. The highest BCUT2D eigenvalue weighted by Gasteiger charge is 2.16. The van der Waals surface area contributed by atoms with E-state index in [1.165, 1.54) is 11.3 Å². The lowest BCUT2D eigenvalue weighted by Gasteiger charge is -2.06. The molecule has 0 aliphatic heterocycles. The van der Waals surface area contributed by atoms with Gasteiger partial charge in [0.25, 0.3) is 5.91 Å². The van der Waals surface area contributed by atoms with Crippen molar-refractivity contribution in [3.8, 4) is 16.4 Å². The Hall–Kier alpha value is -3.03. The molecule has 6 nitrogen and oxygen atoms in total. The molecule has 0 unspecified atom stereocenters. The molecule has 140 valence electrons. The van der Waals surface area contributed by atoms with Gasteiger partial charge >= 0.3 is 0 Å². The van der Waals surface area contributed by atoms with Gasteiger partial charge in [-0.3, -0.25) is 4.79 Å². The quantitative estimate of drug-likeness (QED) is 0.534. The summed E-state index contributed by atoms with van der Waals surface area (Å²) < 4.78 is 1.68. The molecule has 1 aromatic carbocycles. The number of aryl methyl sites for hydroxylation is 1. The van der Waals surface area contributed by atoms with Crippen LogP contribution in [0.2, 0.25) is 5.02 Å². The van der Waals surface area contributed by atoms with Crippen LogP contribution in [0.3, 0.4) is 0 Å². The van der Waals surface area contributed by atoms with Crippen molar-refractivity contribution in [1.29, 1.82) is 0 Å². The average Bonchev–Trinajstić information content (AvgIpc) is 3.37. The van der Waals surface area contributed by atoms with Crippen LogP contribution in [0, 0.1) is 6.92 Å². The van der Waals surface area contributed by atoms with Gasteiger partial charge in [-0.25, -0.2) is 14.6 Å². The first-order chi connectivity index (χ1) is 13.6. The molecule has 4 rings (SSSR count). The Balaban J connectivity index is 1.47. The average molecular weight is 410 g/mol. The molecule has 0 atom stereocenters. The summed E-state index contributed by atoms with van der Waals surface area (Å²) in [5, 5.41) is 8.59. The summed E-state index contributed by atoms with van der Waals surface area (Å²) in [6.45, 7) is 2.23. The Morgan fingerprint density at radius 2 is 2.04 bits per heavy atom. The van der Waals surface area contributed by atoms with Gasteiger partial charge in [0.1, 0.15) is 9.88 Å². The molecule has 3 aromatic heterocycles. The number of amides is 1. The zero-order valence-electron chi connectivity index (χ0n) is 15.0. The number of pyridine rings is 1. The van der Waals surface area contributed by atoms with Crippen LogP contribution >= 0.6 is 22.9 Å². The molecule has 0 fully saturated rings. The van der Waals surface area contributed by atoms with Gasteiger partial charge in [0.05, 0.1) is 5.69 Å². The summed E-state index contributed by atoms with van der Waals surface area (Å²) in [7, 11) is 0. The third kappa shape index (κ3) is 3.95. The minimum absolute atomic E-state index is 0.146. The van der Waals surface area contributed by atoms with Crippen molar-refractivity contribution >= 4 is 28.8 Å². The number of nitrogens with zero attached hydrogens (tertiary/aromatic N) is 4. The fraction of sp³-hybridized carbons (Fsp3) is 0.100. The van der Waals surface area contributed by atoms with Crippen LogP contribution in [0.15, 0.2) is 61.1 Å². The molecule has 8 heteroatoms. The van der Waals surface area contributed by atoms with E-state index >= 15 is 0 Å². The summed E-state index contributed by atoms with van der Waals surface area (Å²) in [4.78, 5) is 22.1. The fourth-order valence-electron chi connectivity index (χ4n) is 2.69. The van der Waals surface area contributed by atoms with Gasteiger partial charge in [0.15, 0.2) is 5.82 Å². The smallest absolute Gasteiger partial charge is 0.263 e. The van der Waals surface area contributed by atoms with E-state index in [9.17, 15) is 4.79 Å². The summed E-state index contributed by atoms with van der Waals surface area (Å²) in [5.41, 5.74) is 2.59. The second kappa shape index (κ2) is 7.92. The summed E-state index contributed by atoms with van der Waals surface area (Å²) in [6.07, 6.45) is 5.22. The molecular weight excluding hydrogens is 394 g/mol. The number of thiazole rings is 1. The number of halogens is 1. The van der Waals surface area contributed by atoms with E-state index < -0.39 is 0 Å². The zero-order valence-corrected chi connectivity index (χ0v) is 16.5. The summed E-state index contributed by atoms with van der Waals surface area (Å²) in [6, 6.07) is 13.0. The molecule has 0 radical (unpaired) electrons. The van der Waals surface area contributed by atoms with Crippen molar-refractivity contribution < 1.29 is 4.79 Å². The summed E-state index contributed by atoms with van der Waals surface area (Å²) >= 11 is 7.31. The first kappa shape index (κ1) is 18.3. The van der Waals surface area contributed by atoms with Gasteiger partial charge in [-0.05, 0) is 42.8 Å². The van der Waals surface area contributed by atoms with Crippen molar-refractivity contribution in [3.05, 3.63) is 82.2 Å². The third-order valence-electron chi connectivity index (χ3n) is 4.10. The van der Waals surface area contributed by atoms with E-state index in [1.54, 1.807) is 17.1 Å². The largest absolute Gasteiger partial charge is 0.347 e. The third-order valence-corrected chi connectivity index (χ3v) is 5.55. The number of nitrogens with one attached hydrogen (secondary N) is 1. The van der Waals surface area contributed by atoms with E-state index in [2.05, 4.69) is 20.4 Å². The molecule has 1 amide bonds. The van der Waals surface area contributed by atoms with Crippen LogP contribution in [-0.4, -0.2) is 25.7 Å². The molecule has 4 aromatic rings. The number of carbonyl (C=O) groups is 1. The first-order valence-corrected chi connectivity index (χ1v) is 9.76. The van der Waals surface area contributed by atoms with E-state index in [0.717, 1.165) is 16.1 Å². The van der Waals surface area contributed by atoms with Crippen molar-refractivity contribution in [2.24, 2.45) is 0 Å². The van der Waals surface area contributed by atoms with E-state index in [1.807, 2.05) is 55.6 Å². The second-order valence-corrected chi connectivity index (χ2v) is 7.53. The SMILES string of the molecule is Cc1nc(-c2ccc(Cl)cc2)sc1C(=O)NCc1ccnc(-n2cccn2)c1. The molecular formula is C20H16ClN5OS. The first-order valence-electron chi connectivity index (χ1n) is 8.56. The molecule has 0 aliphatic carbocycles. The van der Waals surface area contributed by atoms with Gasteiger partial charge < -0.3 is 5.32 Å². The number of hydrogen-bond acceptors (Lipinski definition) is 5. The second-order valence-electron chi connectivity index (χ2n) is 6.10. The predicted molar refractivity (Wildman–Crippen MR) is 110 cm³/mol. The van der Waals surface area contributed by atoms with Gasteiger partial charge in [0.2, 0.25) is 0 Å². The number of hydrogen-bond donors (Lipinski definition) is 1. The van der Waals surface area contributed by atoms with E-state index in [-0.39, 0.29) is 5.91 Å². The van der Waals surface area contributed by atoms with Gasteiger partial charge in [-0.2, -0.15) is 5.10 Å². The fourth-order valence-corrected chi connectivity index (χ4v) is 3.80. The Kier molecular flexibility index (Phi) is 5.18. The van der Waals surface area contributed by atoms with Crippen molar-refractivity contribution in [2.45, 2.75) is 13.5 Å². The maximum atomic E-state index is 12.7. The molecule has 0 saturated heterocycles. The monoisotopic (exact) mass is 409 g/mol. The van der Waals surface area contributed by atoms with Crippen LogP contribution in [0.5, 0.6) is 0 Å². The Labute approximate surface area is 170 Å². The standard InChI is InChI=1S/C20H16ClN5OS/c1-13-18(28-20(25-13)15-3-5-16(21)6-4-15)19(27)23-12-14-7-9-22-17(11-14)26-10-2-8-24-26/h2-11H,12H2,1H3,(H,23,27). The number of aromatic nitrogens is 4. The zero-order chi connectivity index (χ0) is 19.5. The molecule has 28 heavy (non-hydrogen) atoms. The molecule has 0 bridgehead atoms. The highest BCUT2D eigenvalue weighted by atomic mass is 35.5. The summed E-state index contributed by atoms with van der Waals surface area (Å²) in [5.74, 6) is 0.559. The molecule has 0 saturated carbocycles. The Morgan fingerprint density at radius 1 is 1.21 bits per heavy atom. The van der Waals surface area contributed by atoms with Crippen LogP contribution in [0.25, 0.3) is 16.4 Å². The maximum Gasteiger partial charge on any atom is 0.263 e. The lowest BCUT2D eigenvalue weighted by Crippen LogP contribution is -2.22. The van der Waals surface area contributed by atoms with Gasteiger partial charge in [-0.1, -0.05) is 23.7 Å². The number of benzene rings is 1. The van der Waals surface area contributed by atoms with Crippen molar-refractivity contribution in [2.75, 3.05) is 0 Å². The lowest BCUT2D eigenvalue weighted by molar-refractivity contribution is 0.0954. The Morgan fingerprint density at radius 3 is 2.79 bits per heavy atom. The lowest BCUT2D eigenvalue weighted by atomic mass is 10.2. The maximum absolute atomic E-state index is 12.7. The predicted octanol–water partition coefficient (Wildman–Crippen LogP) is 4.28. The normalized spacial score (nSPS) is 10.8. The minimum Gasteiger partial charge on any atom is -0.347 e. The minimum atomic E-state index is -0.146. The van der Waals surface area contributed by atoms with Crippen LogP contribution < -0.4 is 5.32 Å².